The molecule has 0 heterocycles. The van der Waals surface area contributed by atoms with Crippen molar-refractivity contribution in [3.8, 4) is 0 Å². The third kappa shape index (κ3) is 5.94. The quantitative estimate of drug-likeness (QED) is 0.504. The smallest absolute Gasteiger partial charge is 0.407 e. The Morgan fingerprint density at radius 3 is 2.71 bits per heavy atom. The maximum absolute atomic E-state index is 11.4. The van der Waals surface area contributed by atoms with E-state index in [0.717, 1.165) is 0 Å². The average molecular weight is 293 g/mol. The number of carbonyl (C=O) groups is 1. The first-order chi connectivity index (χ1) is 9.69. The lowest BCUT2D eigenvalue weighted by Crippen LogP contribution is -2.32. The van der Waals surface area contributed by atoms with Gasteiger partial charge in [0.05, 0.1) is 10.5 Å². The first-order valence-electron chi connectivity index (χ1n) is 6.36. The molecule has 0 atom stereocenters. The van der Waals surface area contributed by atoms with Crippen molar-refractivity contribution in [3.05, 3.63) is 40.0 Å². The molecule has 1 rings (SSSR count). The zero-order valence-corrected chi connectivity index (χ0v) is 12.3. The number of nitro benzene ring substituents is 1. The number of hydrogen-bond donors (Lipinski definition) is 2. The van der Waals surface area contributed by atoms with Gasteiger partial charge in [-0.15, -0.1) is 0 Å². The first-order valence-corrected chi connectivity index (χ1v) is 6.36. The molecule has 0 saturated heterocycles. The third-order valence-corrected chi connectivity index (χ3v) is 2.31. The summed E-state index contributed by atoms with van der Waals surface area (Å²) in [5.41, 5.74) is 5.80. The molecule has 1 aromatic rings. The van der Waals surface area contributed by atoms with Crippen LogP contribution in [-0.2, 0) is 4.74 Å². The van der Waals surface area contributed by atoms with E-state index in [1.807, 2.05) is 0 Å². The lowest BCUT2D eigenvalue weighted by atomic mass is 10.1. The van der Waals surface area contributed by atoms with Crippen LogP contribution in [-0.4, -0.2) is 23.2 Å². The number of nitro groups is 1. The number of ether oxygens (including phenoxy) is 1. The average Bonchev–Trinajstić information content (AvgIpc) is 2.32. The Labute approximate surface area is 122 Å². The lowest BCUT2D eigenvalue weighted by molar-refractivity contribution is -0.385. The number of nitrogen functional groups attached to an aromatic ring is 1. The Bertz CT molecular complexity index is 562. The highest BCUT2D eigenvalue weighted by molar-refractivity contribution is 5.69. The van der Waals surface area contributed by atoms with Gasteiger partial charge in [-0.05, 0) is 32.9 Å². The second-order valence-electron chi connectivity index (χ2n) is 5.36. The number of rotatable bonds is 4. The Hall–Kier alpha value is -2.57. The molecule has 0 bridgehead atoms. The van der Waals surface area contributed by atoms with Gasteiger partial charge in [-0.2, -0.15) is 0 Å². The molecule has 7 nitrogen and oxygen atoms in total. The first kappa shape index (κ1) is 16.5. The predicted molar refractivity (Wildman–Crippen MR) is 80.8 cm³/mol. The molecule has 0 aliphatic carbocycles. The minimum absolute atomic E-state index is 0.0438. The molecule has 21 heavy (non-hydrogen) atoms. The van der Waals surface area contributed by atoms with E-state index in [0.29, 0.717) is 11.3 Å². The number of nitrogens with zero attached hydrogens (tertiary/aromatic N) is 1. The molecule has 0 fully saturated rings. The van der Waals surface area contributed by atoms with Gasteiger partial charge in [-0.1, -0.05) is 12.2 Å². The van der Waals surface area contributed by atoms with Crippen LogP contribution < -0.4 is 11.1 Å². The van der Waals surface area contributed by atoms with Crippen LogP contribution in [0.5, 0.6) is 0 Å². The van der Waals surface area contributed by atoms with Gasteiger partial charge in [0.2, 0.25) is 0 Å². The normalized spacial score (nSPS) is 11.4. The van der Waals surface area contributed by atoms with Gasteiger partial charge in [-0.25, -0.2) is 4.79 Å². The van der Waals surface area contributed by atoms with Crippen molar-refractivity contribution in [2.45, 2.75) is 26.4 Å². The fourth-order valence-corrected chi connectivity index (χ4v) is 1.52. The Morgan fingerprint density at radius 1 is 1.48 bits per heavy atom. The van der Waals surface area contributed by atoms with E-state index < -0.39 is 16.6 Å². The summed E-state index contributed by atoms with van der Waals surface area (Å²) in [6, 6.07) is 4.31. The van der Waals surface area contributed by atoms with Gasteiger partial charge in [0.1, 0.15) is 5.60 Å². The number of hydrogen-bond acceptors (Lipinski definition) is 5. The zero-order chi connectivity index (χ0) is 16.0. The Balaban J connectivity index is 2.64. The topological polar surface area (TPSA) is 107 Å². The molecule has 0 unspecified atom stereocenters. The van der Waals surface area contributed by atoms with Crippen LogP contribution in [0.15, 0.2) is 24.3 Å². The van der Waals surface area contributed by atoms with E-state index >= 15 is 0 Å². The molecular weight excluding hydrogens is 274 g/mol. The molecule has 0 radical (unpaired) electrons. The van der Waals surface area contributed by atoms with Gasteiger partial charge in [0.15, 0.2) is 0 Å². The van der Waals surface area contributed by atoms with E-state index in [9.17, 15) is 14.9 Å². The molecule has 1 amide bonds. The van der Waals surface area contributed by atoms with Crippen LogP contribution in [0.4, 0.5) is 16.2 Å². The molecule has 0 saturated carbocycles. The van der Waals surface area contributed by atoms with Crippen LogP contribution in [0.2, 0.25) is 0 Å². The van der Waals surface area contributed by atoms with E-state index in [-0.39, 0.29) is 12.2 Å². The lowest BCUT2D eigenvalue weighted by Gasteiger charge is -2.19. The van der Waals surface area contributed by atoms with Crippen LogP contribution in [0, 0.1) is 10.1 Å². The van der Waals surface area contributed by atoms with Crippen molar-refractivity contribution >= 4 is 23.5 Å². The molecule has 3 N–H and O–H groups in total. The molecule has 0 aromatic heterocycles. The fourth-order valence-electron chi connectivity index (χ4n) is 1.52. The maximum Gasteiger partial charge on any atom is 0.407 e. The van der Waals surface area contributed by atoms with Crippen molar-refractivity contribution in [2.75, 3.05) is 12.3 Å². The van der Waals surface area contributed by atoms with E-state index in [1.165, 1.54) is 24.3 Å². The molecule has 0 spiro atoms. The summed E-state index contributed by atoms with van der Waals surface area (Å²) in [7, 11) is 0. The molecule has 0 aliphatic heterocycles. The Morgan fingerprint density at radius 2 is 2.14 bits per heavy atom. The van der Waals surface area contributed by atoms with Gasteiger partial charge in [-0.3, -0.25) is 10.1 Å². The monoisotopic (exact) mass is 293 g/mol. The largest absolute Gasteiger partial charge is 0.444 e. The van der Waals surface area contributed by atoms with Crippen molar-refractivity contribution < 1.29 is 14.5 Å². The predicted octanol–water partition coefficient (Wildman–Crippen LogP) is 2.71. The van der Waals surface area contributed by atoms with Crippen molar-refractivity contribution in [1.82, 2.24) is 5.32 Å². The maximum atomic E-state index is 11.4. The number of nitrogens with two attached hydrogens (primary N) is 1. The van der Waals surface area contributed by atoms with Crippen molar-refractivity contribution in [3.63, 3.8) is 0 Å². The van der Waals surface area contributed by atoms with Crippen LogP contribution >= 0.6 is 0 Å². The zero-order valence-electron chi connectivity index (χ0n) is 12.3. The number of alkyl carbamates (subject to hydrolysis) is 1. The van der Waals surface area contributed by atoms with E-state index in [1.54, 1.807) is 26.8 Å². The van der Waals surface area contributed by atoms with Crippen molar-refractivity contribution in [1.29, 1.82) is 0 Å². The summed E-state index contributed by atoms with van der Waals surface area (Å²) in [6.45, 7) is 5.48. The summed E-state index contributed by atoms with van der Waals surface area (Å²) in [4.78, 5) is 21.8. The summed E-state index contributed by atoms with van der Waals surface area (Å²) >= 11 is 0. The molecule has 1 aromatic carbocycles. The van der Waals surface area contributed by atoms with Crippen LogP contribution in [0.25, 0.3) is 6.08 Å². The minimum atomic E-state index is -0.569. The summed E-state index contributed by atoms with van der Waals surface area (Å²) in [5.74, 6) is 0. The number of amides is 1. The van der Waals surface area contributed by atoms with Gasteiger partial charge in [0.25, 0.3) is 5.69 Å². The third-order valence-electron chi connectivity index (χ3n) is 2.31. The minimum Gasteiger partial charge on any atom is -0.444 e. The highest BCUT2D eigenvalue weighted by Crippen LogP contribution is 2.22. The highest BCUT2D eigenvalue weighted by atomic mass is 16.6. The fraction of sp³-hybridized carbons (Fsp3) is 0.357. The molecule has 0 aliphatic rings. The standard InChI is InChI=1S/C14H19N3O4/c1-14(2,3)21-13(18)16-8-4-5-10-9-11(15)6-7-12(10)17(19)20/h4-7,9H,8,15H2,1-3H3,(H,16,18). The molecular formula is C14H19N3O4. The summed E-state index contributed by atoms with van der Waals surface area (Å²) in [5, 5.41) is 13.4. The molecule has 7 heteroatoms. The number of nitrogens with one attached hydrogen (secondary N) is 1. The number of carbonyl (C=O) groups excluding carboxylic acids is 1. The summed E-state index contributed by atoms with van der Waals surface area (Å²) < 4.78 is 5.06. The number of benzene rings is 1. The number of anilines is 1. The highest BCUT2D eigenvalue weighted by Gasteiger charge is 2.15. The van der Waals surface area contributed by atoms with E-state index in [2.05, 4.69) is 5.32 Å². The van der Waals surface area contributed by atoms with E-state index in [4.69, 9.17) is 10.5 Å². The van der Waals surface area contributed by atoms with Crippen LogP contribution in [0.3, 0.4) is 0 Å². The second-order valence-corrected chi connectivity index (χ2v) is 5.36. The summed E-state index contributed by atoms with van der Waals surface area (Å²) in [6.07, 6.45) is 2.58. The van der Waals surface area contributed by atoms with Gasteiger partial charge < -0.3 is 15.8 Å². The Kier molecular flexibility index (Phi) is 5.29. The van der Waals surface area contributed by atoms with Crippen molar-refractivity contribution in [2.24, 2.45) is 0 Å². The second kappa shape index (κ2) is 6.74. The molecule has 114 valence electrons. The van der Waals surface area contributed by atoms with Gasteiger partial charge >= 0.3 is 6.09 Å². The van der Waals surface area contributed by atoms with Crippen LogP contribution in [0.1, 0.15) is 26.3 Å². The van der Waals surface area contributed by atoms with Gasteiger partial charge in [0, 0.05) is 18.3 Å². The SMILES string of the molecule is CC(C)(C)OC(=O)NCC=Cc1cc(N)ccc1[N+](=O)[O-].